The summed E-state index contributed by atoms with van der Waals surface area (Å²) in [7, 11) is -2.06. The van der Waals surface area contributed by atoms with Gasteiger partial charge in [-0.2, -0.15) is 13.2 Å². The van der Waals surface area contributed by atoms with Crippen LogP contribution in [0.15, 0.2) is 102 Å². The van der Waals surface area contributed by atoms with Gasteiger partial charge in [-0.05, 0) is 100 Å². The smallest absolute Gasteiger partial charge is 0.416 e. The molecule has 2 unspecified atom stereocenters. The van der Waals surface area contributed by atoms with Gasteiger partial charge in [-0.3, -0.25) is 44.2 Å². The molecule has 27 heteroatoms. The standard InChI is InChI=1S/C15H11ClF3NO4.C15H22ClNO2.C14H13NO7S.C11H11Cl2NO2/c1-2-23-14-8-10(4-5-12(14)20(21)22)24-13-6-3-9(7-11(13)16)15(17,18)19;1-5-13-8-6-7-11(2)15(13)17(14(18)9-16)12(3)10-19-4;1-23(21,22)8-5-6-9(10(7-8)15(19)20)14(18)13-11(16)3-2-4-12(13)17;1-7-6-16-9-5-3-2-4-8(9)14(7)11(15)10(12)13/h3-8H,2H2,1H3;6-8,12H,5,9-10H2,1-4H3;5-7,13H,2-4H2,1H3;2-5,7,10H,6H2,1H3. The van der Waals surface area contributed by atoms with Crippen LogP contribution in [0.2, 0.25) is 5.02 Å². The number of hydrogen-bond acceptors (Lipinski definition) is 15. The molecular weight excluding hydrogens is 1190 g/mol. The monoisotopic (exact) mass is 1240 g/mol. The zero-order valence-corrected chi connectivity index (χ0v) is 49.0. The van der Waals surface area contributed by atoms with Gasteiger partial charge in [0.15, 0.2) is 32.0 Å². The fraction of sp³-hybridized carbons (Fsp3) is 0.364. The Morgan fingerprint density at radius 2 is 1.54 bits per heavy atom. The van der Waals surface area contributed by atoms with Gasteiger partial charge >= 0.3 is 11.9 Å². The summed E-state index contributed by atoms with van der Waals surface area (Å²) >= 11 is 22.8. The maximum atomic E-state index is 12.6. The van der Waals surface area contributed by atoms with Crippen LogP contribution < -0.4 is 24.0 Å². The summed E-state index contributed by atoms with van der Waals surface area (Å²) in [5.74, 6) is -3.23. The molecule has 1 fully saturated rings. The van der Waals surface area contributed by atoms with Gasteiger partial charge < -0.3 is 28.7 Å². The number of benzene rings is 5. The van der Waals surface area contributed by atoms with Gasteiger partial charge in [-0.15, -0.1) is 11.6 Å². The van der Waals surface area contributed by atoms with Crippen LogP contribution in [0.3, 0.4) is 0 Å². The van der Waals surface area contributed by atoms with Crippen LogP contribution in [-0.4, -0.2) is 103 Å². The number of ketones is 3. The maximum absolute atomic E-state index is 12.6. The number of hydrogen-bond donors (Lipinski definition) is 0. The quantitative estimate of drug-likeness (QED) is 0.0293. The number of carbonyl (C=O) groups excluding carboxylic acids is 5. The Kier molecular flexibility index (Phi) is 25.1. The van der Waals surface area contributed by atoms with E-state index in [9.17, 15) is 65.8 Å². The third-order valence-corrected chi connectivity index (χ3v) is 14.2. The van der Waals surface area contributed by atoms with E-state index in [4.69, 9.17) is 65.4 Å². The molecule has 1 heterocycles. The topological polar surface area (TPSA) is 249 Å². The summed E-state index contributed by atoms with van der Waals surface area (Å²) in [6.07, 6.45) is -2.27. The van der Waals surface area contributed by atoms with Crippen molar-refractivity contribution in [3.05, 3.63) is 145 Å². The van der Waals surface area contributed by atoms with Crippen molar-refractivity contribution in [2.24, 2.45) is 5.92 Å². The number of Topliss-reactive ketones (excluding diaryl/α,β-unsaturated/α-hetero) is 3. The molecule has 7 rings (SSSR count). The number of carbonyl (C=O) groups is 5. The van der Waals surface area contributed by atoms with Crippen LogP contribution in [0, 0.1) is 33.1 Å². The molecule has 1 aliphatic carbocycles. The van der Waals surface area contributed by atoms with Crippen LogP contribution in [0.1, 0.15) is 74.0 Å². The van der Waals surface area contributed by atoms with Crippen molar-refractivity contribution in [2.45, 2.75) is 88.3 Å². The minimum absolute atomic E-state index is 0.0111. The summed E-state index contributed by atoms with van der Waals surface area (Å²) in [5.41, 5.74) is 1.61. The molecule has 0 radical (unpaired) electrons. The Balaban J connectivity index is 0.000000237. The molecule has 2 amide bonds. The van der Waals surface area contributed by atoms with E-state index in [0.29, 0.717) is 25.4 Å². The number of para-hydroxylation sites is 3. The molecule has 1 saturated carbocycles. The first-order valence-electron chi connectivity index (χ1n) is 24.8. The van der Waals surface area contributed by atoms with Crippen molar-refractivity contribution in [2.75, 3.05) is 48.9 Å². The van der Waals surface area contributed by atoms with Crippen LogP contribution in [0.25, 0.3) is 0 Å². The summed E-state index contributed by atoms with van der Waals surface area (Å²) in [6.45, 7) is 10.8. The maximum Gasteiger partial charge on any atom is 0.416 e. The van der Waals surface area contributed by atoms with Gasteiger partial charge in [0.05, 0.1) is 67.6 Å². The highest BCUT2D eigenvalue weighted by Gasteiger charge is 2.40. The molecule has 19 nitrogen and oxygen atoms in total. The Bertz CT molecular complexity index is 3260. The second-order valence-corrected chi connectivity index (χ2v) is 21.9. The van der Waals surface area contributed by atoms with Crippen molar-refractivity contribution in [1.29, 1.82) is 0 Å². The number of ether oxygens (including phenoxy) is 4. The fourth-order valence-electron chi connectivity index (χ4n) is 8.38. The molecule has 0 bridgehead atoms. The lowest BCUT2D eigenvalue weighted by Crippen LogP contribution is -2.47. The zero-order valence-electron chi connectivity index (χ0n) is 45.2. The number of amides is 2. The van der Waals surface area contributed by atoms with Crippen molar-refractivity contribution in [3.8, 4) is 23.0 Å². The Labute approximate surface area is 490 Å². The van der Waals surface area contributed by atoms with Crippen LogP contribution >= 0.6 is 46.4 Å². The van der Waals surface area contributed by atoms with E-state index >= 15 is 0 Å². The average molecular weight is 1240 g/mol. The normalized spacial score (nSPS) is 14.5. The Morgan fingerprint density at radius 3 is 2.09 bits per heavy atom. The molecular formula is C55H57Cl4F3N4O15S. The molecule has 5 aromatic carbocycles. The van der Waals surface area contributed by atoms with Crippen LogP contribution in [0.4, 0.5) is 35.9 Å². The van der Waals surface area contributed by atoms with E-state index in [2.05, 4.69) is 13.0 Å². The Morgan fingerprint density at radius 1 is 0.890 bits per heavy atom. The summed E-state index contributed by atoms with van der Waals surface area (Å²) in [6, 6.07) is 22.5. The van der Waals surface area contributed by atoms with Gasteiger partial charge in [0, 0.05) is 44.4 Å². The van der Waals surface area contributed by atoms with E-state index in [-0.39, 0.29) is 82.1 Å². The number of aryl methyl sites for hydroxylation is 2. The van der Waals surface area contributed by atoms with Gasteiger partial charge in [0.2, 0.25) is 11.7 Å². The number of nitro benzene ring substituents is 2. The molecule has 0 spiro atoms. The summed E-state index contributed by atoms with van der Waals surface area (Å²) in [4.78, 5) is 82.6. The summed E-state index contributed by atoms with van der Waals surface area (Å²) in [5, 5.41) is 21.8. The molecule has 0 N–H and O–H groups in total. The number of alkyl halides is 6. The van der Waals surface area contributed by atoms with Gasteiger partial charge in [0.1, 0.15) is 35.7 Å². The van der Waals surface area contributed by atoms with E-state index < -0.39 is 70.8 Å². The largest absolute Gasteiger partial charge is 0.489 e. The van der Waals surface area contributed by atoms with E-state index in [1.54, 1.807) is 23.8 Å². The molecule has 2 atom stereocenters. The van der Waals surface area contributed by atoms with Crippen molar-refractivity contribution < 1.29 is 74.4 Å². The van der Waals surface area contributed by atoms with E-state index in [0.717, 1.165) is 71.6 Å². The Hall–Kier alpha value is -6.89. The first-order valence-corrected chi connectivity index (χ1v) is 28.5. The molecule has 5 aromatic rings. The number of halogens is 7. The van der Waals surface area contributed by atoms with Gasteiger partial charge in [0.25, 0.3) is 11.6 Å². The van der Waals surface area contributed by atoms with Gasteiger partial charge in [-0.25, -0.2) is 8.42 Å². The lowest BCUT2D eigenvalue weighted by Gasteiger charge is -2.35. The number of methoxy groups -OCH3 is 1. The molecule has 0 saturated heterocycles. The third kappa shape index (κ3) is 17.8. The van der Waals surface area contributed by atoms with Gasteiger partial charge in [-0.1, -0.05) is 72.1 Å². The van der Waals surface area contributed by atoms with Crippen LogP contribution in [-0.2, 0) is 46.3 Å². The molecule has 2 aliphatic rings. The molecule has 82 heavy (non-hydrogen) atoms. The summed E-state index contributed by atoms with van der Waals surface area (Å²) < 4.78 is 82.0. The van der Waals surface area contributed by atoms with Crippen molar-refractivity contribution in [1.82, 2.24) is 0 Å². The highest BCUT2D eigenvalue weighted by Crippen LogP contribution is 2.39. The third-order valence-electron chi connectivity index (χ3n) is 12.2. The average Bonchev–Trinajstić information content (AvgIpc) is 3.45. The predicted octanol–water partition coefficient (Wildman–Crippen LogP) is 12.3. The molecule has 0 aromatic heterocycles. The van der Waals surface area contributed by atoms with Crippen LogP contribution in [0.5, 0.6) is 23.0 Å². The molecule has 1 aliphatic heterocycles. The first kappa shape index (κ1) is 67.6. The number of sulfone groups is 1. The minimum Gasteiger partial charge on any atom is -0.489 e. The number of nitro groups is 2. The number of nitrogens with zero attached hydrogens (tertiary/aromatic N) is 4. The lowest BCUT2D eigenvalue weighted by atomic mass is 9.81. The number of rotatable bonds is 16. The second-order valence-electron chi connectivity index (χ2n) is 18.1. The van der Waals surface area contributed by atoms with Crippen molar-refractivity contribution in [3.63, 3.8) is 0 Å². The van der Waals surface area contributed by atoms with E-state index in [1.807, 2.05) is 57.2 Å². The predicted molar refractivity (Wildman–Crippen MR) is 303 cm³/mol. The minimum atomic E-state index is -4.52. The van der Waals surface area contributed by atoms with E-state index in [1.165, 1.54) is 18.2 Å². The highest BCUT2D eigenvalue weighted by molar-refractivity contribution is 7.90. The lowest BCUT2D eigenvalue weighted by molar-refractivity contribution is -0.385. The molecule has 442 valence electrons. The highest BCUT2D eigenvalue weighted by atomic mass is 35.5. The fourth-order valence-corrected chi connectivity index (χ4v) is 9.58. The van der Waals surface area contributed by atoms with Crippen molar-refractivity contribution >= 4 is 108 Å². The SMILES string of the molecule is CC1COc2ccccc2N1C(=O)C(Cl)Cl.CCOc1cc(Oc2ccc(C(F)(F)F)cc2Cl)ccc1[N+](=O)[O-].CCc1cccc(C)c1N(C(=O)CCl)C(C)COC.CS(=O)(=O)c1ccc(C(=O)C2C(=O)CCCC2=O)c([N+](=O)[O-])c1. The number of fused-ring (bicyclic) bond motifs is 1. The first-order chi connectivity index (χ1) is 38.5. The number of anilines is 2. The zero-order chi connectivity index (χ0) is 61.4. The second kappa shape index (κ2) is 30.4.